The van der Waals surface area contributed by atoms with Gasteiger partial charge >= 0.3 is 0 Å². The number of aromatic amines is 1. The summed E-state index contributed by atoms with van der Waals surface area (Å²) in [6.07, 6.45) is 7.09. The summed E-state index contributed by atoms with van der Waals surface area (Å²) in [6, 6.07) is 5.08. The monoisotopic (exact) mass is 392 g/mol. The fourth-order valence-electron chi connectivity index (χ4n) is 3.87. The molecule has 4 rings (SSSR count). The molecule has 0 aromatic carbocycles. The van der Waals surface area contributed by atoms with Gasteiger partial charge in [-0.15, -0.1) is 0 Å². The van der Waals surface area contributed by atoms with E-state index in [1.54, 1.807) is 18.3 Å². The third-order valence-electron chi connectivity index (χ3n) is 5.47. The van der Waals surface area contributed by atoms with Crippen molar-refractivity contribution in [1.82, 2.24) is 19.8 Å². The quantitative estimate of drug-likeness (QED) is 0.810. The lowest BCUT2D eigenvalue weighted by Gasteiger charge is -2.30. The molecule has 2 aromatic heterocycles. The number of rotatable bonds is 5. The number of furan rings is 1. The molecule has 0 unspecified atom stereocenters. The van der Waals surface area contributed by atoms with E-state index >= 15 is 0 Å². The molecule has 0 bridgehead atoms. The Balaban J connectivity index is 1.37. The molecule has 1 aliphatic heterocycles. The van der Waals surface area contributed by atoms with E-state index in [0.29, 0.717) is 43.4 Å². The fourth-order valence-corrected chi connectivity index (χ4v) is 5.25. The summed E-state index contributed by atoms with van der Waals surface area (Å²) in [4.78, 5) is 12.4. The lowest BCUT2D eigenvalue weighted by Crippen LogP contribution is -2.44. The average Bonchev–Trinajstić information content (AvgIpc) is 3.42. The molecule has 2 fully saturated rings. The summed E-state index contributed by atoms with van der Waals surface area (Å²) < 4.78 is 32.6. The summed E-state index contributed by atoms with van der Waals surface area (Å²) in [6.45, 7) is 0.649. The van der Waals surface area contributed by atoms with Gasteiger partial charge in [0.2, 0.25) is 11.0 Å². The van der Waals surface area contributed by atoms with Crippen molar-refractivity contribution in [3.63, 3.8) is 0 Å². The van der Waals surface area contributed by atoms with Gasteiger partial charge in [-0.3, -0.25) is 9.89 Å². The number of hydrogen-bond acceptors (Lipinski definition) is 5. The number of aromatic nitrogens is 2. The van der Waals surface area contributed by atoms with Gasteiger partial charge in [0.1, 0.15) is 5.69 Å². The SMILES string of the molecule is O=C(NC1CCCC1)C1CCN(S(=O)(=O)c2ccc(-c3ccn[nH]3)o2)CC1. The summed E-state index contributed by atoms with van der Waals surface area (Å²) in [5, 5.41) is 9.62. The first-order valence-electron chi connectivity index (χ1n) is 9.44. The first-order valence-corrected chi connectivity index (χ1v) is 10.9. The Morgan fingerprint density at radius 3 is 2.56 bits per heavy atom. The van der Waals surface area contributed by atoms with E-state index in [4.69, 9.17) is 4.42 Å². The maximum Gasteiger partial charge on any atom is 0.276 e. The Morgan fingerprint density at radius 2 is 1.89 bits per heavy atom. The van der Waals surface area contributed by atoms with Crippen LogP contribution in [0.2, 0.25) is 0 Å². The summed E-state index contributed by atoms with van der Waals surface area (Å²) in [7, 11) is -3.70. The van der Waals surface area contributed by atoms with Crippen molar-refractivity contribution in [2.24, 2.45) is 5.92 Å². The topological polar surface area (TPSA) is 108 Å². The lowest BCUT2D eigenvalue weighted by molar-refractivity contribution is -0.126. The summed E-state index contributed by atoms with van der Waals surface area (Å²) in [5.74, 6) is 0.379. The molecule has 1 aliphatic carbocycles. The first-order chi connectivity index (χ1) is 13.0. The molecule has 0 radical (unpaired) electrons. The van der Waals surface area contributed by atoms with E-state index in [1.165, 1.54) is 23.2 Å². The second-order valence-electron chi connectivity index (χ2n) is 7.26. The molecule has 9 heteroatoms. The molecular formula is C18H24N4O4S. The van der Waals surface area contributed by atoms with Gasteiger partial charge in [-0.2, -0.15) is 9.40 Å². The van der Waals surface area contributed by atoms with Crippen molar-refractivity contribution in [3.05, 3.63) is 24.4 Å². The molecule has 1 saturated heterocycles. The van der Waals surface area contributed by atoms with Crippen LogP contribution in [0.3, 0.4) is 0 Å². The van der Waals surface area contributed by atoms with Crippen LogP contribution >= 0.6 is 0 Å². The van der Waals surface area contributed by atoms with E-state index in [-0.39, 0.29) is 16.9 Å². The molecule has 27 heavy (non-hydrogen) atoms. The van der Waals surface area contributed by atoms with Crippen molar-refractivity contribution < 1.29 is 17.6 Å². The standard InChI is InChI=1S/C18H24N4O4S/c23-18(20-14-3-1-2-4-14)13-8-11-22(12-9-13)27(24,25)17-6-5-16(26-17)15-7-10-19-21-15/h5-7,10,13-14H,1-4,8-9,11-12H2,(H,19,21)(H,20,23). The van der Waals surface area contributed by atoms with Crippen LogP contribution < -0.4 is 5.32 Å². The molecule has 0 atom stereocenters. The molecule has 2 aromatic rings. The third kappa shape index (κ3) is 3.79. The lowest BCUT2D eigenvalue weighted by atomic mass is 9.97. The van der Waals surface area contributed by atoms with Crippen molar-refractivity contribution in [1.29, 1.82) is 0 Å². The van der Waals surface area contributed by atoms with Crippen LogP contribution in [0.25, 0.3) is 11.5 Å². The molecule has 2 aliphatic rings. The first kappa shape index (κ1) is 18.2. The van der Waals surface area contributed by atoms with Crippen LogP contribution in [-0.4, -0.2) is 48.0 Å². The minimum absolute atomic E-state index is 0.0680. The second-order valence-corrected chi connectivity index (χ2v) is 9.13. The van der Waals surface area contributed by atoms with Crippen molar-refractivity contribution in [2.45, 2.75) is 49.7 Å². The number of nitrogens with zero attached hydrogens (tertiary/aromatic N) is 2. The van der Waals surface area contributed by atoms with Crippen molar-refractivity contribution in [3.8, 4) is 11.5 Å². The molecule has 0 spiro atoms. The van der Waals surface area contributed by atoms with E-state index in [2.05, 4.69) is 15.5 Å². The van der Waals surface area contributed by atoms with Crippen LogP contribution in [0.5, 0.6) is 0 Å². The number of nitrogens with one attached hydrogen (secondary N) is 2. The highest BCUT2D eigenvalue weighted by Gasteiger charge is 2.34. The molecule has 3 heterocycles. The van der Waals surface area contributed by atoms with E-state index in [9.17, 15) is 13.2 Å². The fraction of sp³-hybridized carbons (Fsp3) is 0.556. The number of carbonyl (C=O) groups excluding carboxylic acids is 1. The molecular weight excluding hydrogens is 368 g/mol. The van der Waals surface area contributed by atoms with E-state index in [0.717, 1.165) is 12.8 Å². The van der Waals surface area contributed by atoms with Crippen molar-refractivity contribution >= 4 is 15.9 Å². The Labute approximate surface area is 158 Å². The minimum atomic E-state index is -3.70. The highest BCUT2D eigenvalue weighted by molar-refractivity contribution is 7.89. The second kappa shape index (κ2) is 7.47. The van der Waals surface area contributed by atoms with E-state index < -0.39 is 10.0 Å². The normalized spacial score (nSPS) is 20.1. The Bertz CT molecular complexity index is 876. The van der Waals surface area contributed by atoms with Crippen LogP contribution in [0.15, 0.2) is 33.9 Å². The van der Waals surface area contributed by atoms with Gasteiger partial charge in [0, 0.05) is 31.2 Å². The molecule has 1 saturated carbocycles. The van der Waals surface area contributed by atoms with Crippen LogP contribution in [0, 0.1) is 5.92 Å². The Hall–Kier alpha value is -2.13. The van der Waals surface area contributed by atoms with Crippen LogP contribution in [0.1, 0.15) is 38.5 Å². The zero-order chi connectivity index (χ0) is 18.9. The molecule has 2 N–H and O–H groups in total. The van der Waals surface area contributed by atoms with Gasteiger partial charge in [0.25, 0.3) is 10.0 Å². The minimum Gasteiger partial charge on any atom is -0.442 e. The number of hydrogen-bond donors (Lipinski definition) is 2. The number of carbonyl (C=O) groups is 1. The maximum atomic E-state index is 12.8. The number of piperidine rings is 1. The Morgan fingerprint density at radius 1 is 1.15 bits per heavy atom. The predicted molar refractivity (Wildman–Crippen MR) is 98.2 cm³/mol. The van der Waals surface area contributed by atoms with Crippen LogP contribution in [0.4, 0.5) is 0 Å². The number of H-pyrrole nitrogens is 1. The summed E-state index contributed by atoms with van der Waals surface area (Å²) >= 11 is 0. The molecule has 146 valence electrons. The highest BCUT2D eigenvalue weighted by Crippen LogP contribution is 2.28. The largest absolute Gasteiger partial charge is 0.442 e. The molecule has 1 amide bonds. The van der Waals surface area contributed by atoms with Gasteiger partial charge < -0.3 is 9.73 Å². The van der Waals surface area contributed by atoms with E-state index in [1.807, 2.05) is 0 Å². The zero-order valence-electron chi connectivity index (χ0n) is 15.1. The highest BCUT2D eigenvalue weighted by atomic mass is 32.2. The third-order valence-corrected chi connectivity index (χ3v) is 7.24. The van der Waals surface area contributed by atoms with Gasteiger partial charge in [-0.1, -0.05) is 12.8 Å². The number of sulfonamides is 1. The van der Waals surface area contributed by atoms with Gasteiger partial charge in [0.15, 0.2) is 5.76 Å². The van der Waals surface area contributed by atoms with Gasteiger partial charge in [-0.05, 0) is 43.9 Å². The van der Waals surface area contributed by atoms with Crippen LogP contribution in [-0.2, 0) is 14.8 Å². The average molecular weight is 392 g/mol. The predicted octanol–water partition coefficient (Wildman–Crippen LogP) is 2.13. The molecule has 8 nitrogen and oxygen atoms in total. The maximum absolute atomic E-state index is 12.8. The van der Waals surface area contributed by atoms with Gasteiger partial charge in [-0.25, -0.2) is 8.42 Å². The van der Waals surface area contributed by atoms with Gasteiger partial charge in [0.05, 0.1) is 0 Å². The number of amides is 1. The summed E-state index contributed by atoms with van der Waals surface area (Å²) in [5.41, 5.74) is 0.624. The van der Waals surface area contributed by atoms with Crippen molar-refractivity contribution in [2.75, 3.05) is 13.1 Å². The smallest absolute Gasteiger partial charge is 0.276 e. The zero-order valence-corrected chi connectivity index (χ0v) is 15.9. The Kier molecular flexibility index (Phi) is 5.05.